The molecule has 0 spiro atoms. The Balaban J connectivity index is 2.63. The van der Waals surface area contributed by atoms with Gasteiger partial charge in [0.2, 0.25) is 0 Å². The van der Waals surface area contributed by atoms with Gasteiger partial charge < -0.3 is 10.1 Å². The van der Waals surface area contributed by atoms with Crippen molar-refractivity contribution < 1.29 is 14.3 Å². The number of amides is 1. The first-order chi connectivity index (χ1) is 8.58. The zero-order valence-electron chi connectivity index (χ0n) is 10.4. The number of ether oxygens (including phenoxy) is 1. The van der Waals surface area contributed by atoms with E-state index in [0.29, 0.717) is 22.1 Å². The molecule has 0 radical (unpaired) electrons. The van der Waals surface area contributed by atoms with E-state index < -0.39 is 0 Å². The molecule has 18 heavy (non-hydrogen) atoms. The number of carbonyl (C=O) groups excluding carboxylic acids is 2. The van der Waals surface area contributed by atoms with Crippen LogP contribution in [0.5, 0.6) is 5.75 Å². The van der Waals surface area contributed by atoms with Crippen LogP contribution >= 0.6 is 15.9 Å². The monoisotopic (exact) mass is 313 g/mol. The van der Waals surface area contributed by atoms with E-state index in [4.69, 9.17) is 4.74 Å². The lowest BCUT2D eigenvalue weighted by Gasteiger charge is -2.13. The van der Waals surface area contributed by atoms with E-state index in [2.05, 4.69) is 21.2 Å². The third-order valence-corrected chi connectivity index (χ3v) is 3.12. The Morgan fingerprint density at radius 3 is 2.89 bits per heavy atom. The number of hydrogen-bond donors (Lipinski definition) is 1. The smallest absolute Gasteiger partial charge is 0.258 e. The van der Waals surface area contributed by atoms with Crippen LogP contribution in [0.2, 0.25) is 0 Å². The van der Waals surface area contributed by atoms with Gasteiger partial charge in [0.05, 0.1) is 10.0 Å². The van der Waals surface area contributed by atoms with Gasteiger partial charge in [-0.2, -0.15) is 0 Å². The van der Waals surface area contributed by atoms with Crippen LogP contribution in [0.1, 0.15) is 30.6 Å². The topological polar surface area (TPSA) is 55.4 Å². The van der Waals surface area contributed by atoms with E-state index in [1.807, 2.05) is 13.8 Å². The maximum Gasteiger partial charge on any atom is 0.258 e. The van der Waals surface area contributed by atoms with E-state index in [9.17, 15) is 9.59 Å². The second kappa shape index (κ2) is 7.16. The fourth-order valence-electron chi connectivity index (χ4n) is 1.33. The maximum absolute atomic E-state index is 11.6. The highest BCUT2D eigenvalue weighted by atomic mass is 79.9. The Hall–Kier alpha value is -1.36. The quantitative estimate of drug-likeness (QED) is 0.821. The fourth-order valence-corrected chi connectivity index (χ4v) is 1.82. The summed E-state index contributed by atoms with van der Waals surface area (Å²) in [5.41, 5.74) is 0.417. The largest absolute Gasteiger partial charge is 0.482 e. The van der Waals surface area contributed by atoms with E-state index in [-0.39, 0.29) is 18.6 Å². The van der Waals surface area contributed by atoms with Gasteiger partial charge in [-0.15, -0.1) is 0 Å². The van der Waals surface area contributed by atoms with E-state index in [1.54, 1.807) is 18.2 Å². The SMILES string of the molecule is CCC(C)NC(=O)COc1c(Br)cccc1C=O. The molecule has 98 valence electrons. The number of carbonyl (C=O) groups is 2. The normalized spacial score (nSPS) is 11.7. The highest BCUT2D eigenvalue weighted by Gasteiger charge is 2.11. The highest BCUT2D eigenvalue weighted by Crippen LogP contribution is 2.27. The third-order valence-electron chi connectivity index (χ3n) is 2.49. The standard InChI is InChI=1S/C13H16BrNO3/c1-3-9(2)15-12(17)8-18-13-10(7-16)5-4-6-11(13)14/h4-7,9H,3,8H2,1-2H3,(H,15,17). The molecule has 1 amide bonds. The van der Waals surface area contributed by atoms with Gasteiger partial charge in [0.1, 0.15) is 5.75 Å². The highest BCUT2D eigenvalue weighted by molar-refractivity contribution is 9.10. The zero-order chi connectivity index (χ0) is 13.5. The lowest BCUT2D eigenvalue weighted by Crippen LogP contribution is -2.35. The van der Waals surface area contributed by atoms with Gasteiger partial charge in [0, 0.05) is 6.04 Å². The van der Waals surface area contributed by atoms with Crippen molar-refractivity contribution in [2.24, 2.45) is 0 Å². The zero-order valence-corrected chi connectivity index (χ0v) is 12.0. The molecule has 5 heteroatoms. The van der Waals surface area contributed by atoms with Gasteiger partial charge in [-0.1, -0.05) is 13.0 Å². The van der Waals surface area contributed by atoms with Crippen molar-refractivity contribution in [2.75, 3.05) is 6.61 Å². The summed E-state index contributed by atoms with van der Waals surface area (Å²) < 4.78 is 6.03. The summed E-state index contributed by atoms with van der Waals surface area (Å²) in [4.78, 5) is 22.4. The lowest BCUT2D eigenvalue weighted by atomic mass is 10.2. The molecular formula is C13H16BrNO3. The summed E-state index contributed by atoms with van der Waals surface area (Å²) in [6, 6.07) is 5.25. The summed E-state index contributed by atoms with van der Waals surface area (Å²) in [5, 5.41) is 2.79. The van der Waals surface area contributed by atoms with Crippen LogP contribution in [0.25, 0.3) is 0 Å². The Labute approximate surface area is 115 Å². The molecule has 1 N–H and O–H groups in total. The van der Waals surface area contributed by atoms with Crippen LogP contribution in [0.15, 0.2) is 22.7 Å². The average molecular weight is 314 g/mol. The predicted octanol–water partition coefficient (Wildman–Crippen LogP) is 2.56. The van der Waals surface area contributed by atoms with E-state index in [1.165, 1.54) is 0 Å². The Morgan fingerprint density at radius 1 is 1.56 bits per heavy atom. The lowest BCUT2D eigenvalue weighted by molar-refractivity contribution is -0.123. The van der Waals surface area contributed by atoms with Gasteiger partial charge in [-0.3, -0.25) is 9.59 Å². The number of para-hydroxylation sites is 1. The molecule has 1 unspecified atom stereocenters. The first kappa shape index (κ1) is 14.7. The number of benzene rings is 1. The molecule has 0 saturated heterocycles. The minimum atomic E-state index is -0.197. The summed E-state index contributed by atoms with van der Waals surface area (Å²) in [7, 11) is 0. The summed E-state index contributed by atoms with van der Waals surface area (Å²) in [6.07, 6.45) is 1.56. The average Bonchev–Trinajstić information content (AvgIpc) is 2.36. The molecule has 0 aliphatic heterocycles. The summed E-state index contributed by atoms with van der Waals surface area (Å²) in [6.45, 7) is 3.81. The Bertz CT molecular complexity index is 434. The van der Waals surface area contributed by atoms with Crippen LogP contribution in [-0.2, 0) is 4.79 Å². The molecular weight excluding hydrogens is 298 g/mol. The number of halogens is 1. The van der Waals surface area contributed by atoms with Gasteiger partial charge in [0.15, 0.2) is 12.9 Å². The number of rotatable bonds is 6. The number of nitrogens with one attached hydrogen (secondary N) is 1. The first-order valence-electron chi connectivity index (χ1n) is 5.74. The molecule has 0 aliphatic rings. The van der Waals surface area contributed by atoms with Crippen molar-refractivity contribution >= 4 is 28.1 Å². The molecule has 1 aromatic rings. The number of hydrogen-bond acceptors (Lipinski definition) is 3. The minimum Gasteiger partial charge on any atom is -0.482 e. The van der Waals surface area contributed by atoms with Crippen molar-refractivity contribution in [1.82, 2.24) is 5.32 Å². The van der Waals surface area contributed by atoms with Crippen LogP contribution in [0, 0.1) is 0 Å². The molecule has 0 heterocycles. The Kier molecular flexibility index (Phi) is 5.85. The van der Waals surface area contributed by atoms with Gasteiger partial charge >= 0.3 is 0 Å². The van der Waals surface area contributed by atoms with Gasteiger partial charge in [-0.25, -0.2) is 0 Å². The summed E-state index contributed by atoms with van der Waals surface area (Å²) in [5.74, 6) is 0.198. The van der Waals surface area contributed by atoms with Gasteiger partial charge in [0.25, 0.3) is 5.91 Å². The van der Waals surface area contributed by atoms with Gasteiger partial charge in [-0.05, 0) is 41.4 Å². The van der Waals surface area contributed by atoms with Crippen LogP contribution in [0.3, 0.4) is 0 Å². The van der Waals surface area contributed by atoms with Crippen molar-refractivity contribution in [3.63, 3.8) is 0 Å². The molecule has 0 fully saturated rings. The molecule has 1 rings (SSSR count). The van der Waals surface area contributed by atoms with Crippen molar-refractivity contribution in [2.45, 2.75) is 26.3 Å². The fraction of sp³-hybridized carbons (Fsp3) is 0.385. The molecule has 0 aliphatic carbocycles. The summed E-state index contributed by atoms with van der Waals surface area (Å²) >= 11 is 3.29. The van der Waals surface area contributed by atoms with Crippen LogP contribution in [0.4, 0.5) is 0 Å². The van der Waals surface area contributed by atoms with E-state index >= 15 is 0 Å². The van der Waals surface area contributed by atoms with Crippen molar-refractivity contribution in [3.8, 4) is 5.75 Å². The number of aldehydes is 1. The molecule has 0 aromatic heterocycles. The predicted molar refractivity (Wildman–Crippen MR) is 72.9 cm³/mol. The second-order valence-corrected chi connectivity index (χ2v) is 4.80. The van der Waals surface area contributed by atoms with Crippen LogP contribution in [-0.4, -0.2) is 24.8 Å². The van der Waals surface area contributed by atoms with E-state index in [0.717, 1.165) is 6.42 Å². The first-order valence-corrected chi connectivity index (χ1v) is 6.53. The second-order valence-electron chi connectivity index (χ2n) is 3.94. The maximum atomic E-state index is 11.6. The molecule has 1 aromatic carbocycles. The third kappa shape index (κ3) is 4.14. The minimum absolute atomic E-state index is 0.103. The molecule has 4 nitrogen and oxygen atoms in total. The Morgan fingerprint density at radius 2 is 2.28 bits per heavy atom. The van der Waals surface area contributed by atoms with Crippen LogP contribution < -0.4 is 10.1 Å². The molecule has 0 saturated carbocycles. The molecule has 0 bridgehead atoms. The van der Waals surface area contributed by atoms with Crippen molar-refractivity contribution in [3.05, 3.63) is 28.2 Å². The molecule has 1 atom stereocenters. The van der Waals surface area contributed by atoms with Crippen molar-refractivity contribution in [1.29, 1.82) is 0 Å².